The Morgan fingerprint density at radius 3 is 2.53 bits per heavy atom. The lowest BCUT2D eigenvalue weighted by Crippen LogP contribution is -2.65. The normalized spacial score (nSPS) is 21.1. The highest BCUT2D eigenvalue weighted by Gasteiger charge is 2.49. The van der Waals surface area contributed by atoms with Gasteiger partial charge in [0.1, 0.15) is 17.0 Å². The van der Waals surface area contributed by atoms with Gasteiger partial charge >= 0.3 is 0 Å². The molecule has 2 amide bonds. The van der Waals surface area contributed by atoms with Gasteiger partial charge < -0.3 is 14.3 Å². The molecule has 2 aromatic heterocycles. The molecule has 0 radical (unpaired) electrons. The number of carbonyl (C=O) groups is 2. The fourth-order valence-electron chi connectivity index (χ4n) is 5.20. The number of nitrogens with one attached hydrogen (secondary N) is 1. The van der Waals surface area contributed by atoms with Crippen LogP contribution in [0.5, 0.6) is 0 Å². The third-order valence-corrected chi connectivity index (χ3v) is 6.91. The molecule has 166 valence electrons. The third kappa shape index (κ3) is 3.25. The number of hydrogen-bond acceptors (Lipinski definition) is 3. The smallest absolute Gasteiger partial charge is 0.275 e. The maximum Gasteiger partial charge on any atom is 0.275 e. The molecule has 0 saturated heterocycles. The van der Waals surface area contributed by atoms with Gasteiger partial charge in [0, 0.05) is 11.7 Å². The summed E-state index contributed by atoms with van der Waals surface area (Å²) in [4.78, 5) is 29.4. The van der Waals surface area contributed by atoms with Crippen molar-refractivity contribution in [1.29, 1.82) is 0 Å². The zero-order valence-corrected chi connectivity index (χ0v) is 18.9. The Bertz CT molecular complexity index is 1170. The van der Waals surface area contributed by atoms with Crippen LogP contribution in [0, 0.1) is 13.8 Å². The Labute approximate surface area is 188 Å². The largest absolute Gasteiger partial charge is 0.463 e. The molecule has 6 heteroatoms. The zero-order chi connectivity index (χ0) is 22.5. The van der Waals surface area contributed by atoms with Gasteiger partial charge in [0.2, 0.25) is 5.91 Å². The number of amides is 2. The van der Waals surface area contributed by atoms with Crippen LogP contribution in [-0.4, -0.2) is 28.0 Å². The van der Waals surface area contributed by atoms with E-state index in [0.29, 0.717) is 18.0 Å². The summed E-state index contributed by atoms with van der Waals surface area (Å²) in [6.45, 7) is 6.25. The van der Waals surface area contributed by atoms with Crippen LogP contribution in [0.25, 0.3) is 11.5 Å². The highest BCUT2D eigenvalue weighted by atomic mass is 16.3. The molecule has 1 atom stereocenters. The minimum absolute atomic E-state index is 0.109. The quantitative estimate of drug-likeness (QED) is 0.643. The first-order valence-electron chi connectivity index (χ1n) is 11.3. The van der Waals surface area contributed by atoms with E-state index in [9.17, 15) is 9.59 Å². The first-order valence-corrected chi connectivity index (χ1v) is 11.3. The van der Waals surface area contributed by atoms with E-state index in [4.69, 9.17) is 4.42 Å². The summed E-state index contributed by atoms with van der Waals surface area (Å²) in [6.07, 6.45) is 5.86. The lowest BCUT2D eigenvalue weighted by molar-refractivity contribution is -0.127. The molecule has 0 spiro atoms. The minimum Gasteiger partial charge on any atom is -0.463 e. The molecule has 3 heterocycles. The van der Waals surface area contributed by atoms with Gasteiger partial charge in [-0.2, -0.15) is 0 Å². The van der Waals surface area contributed by atoms with E-state index in [1.807, 2.05) is 61.7 Å². The van der Waals surface area contributed by atoms with Crippen LogP contribution in [0.2, 0.25) is 0 Å². The molecule has 3 aromatic rings. The molecule has 1 saturated carbocycles. The van der Waals surface area contributed by atoms with E-state index in [0.717, 1.165) is 48.2 Å². The van der Waals surface area contributed by atoms with E-state index in [2.05, 4.69) is 11.4 Å². The molecule has 0 unspecified atom stereocenters. The lowest BCUT2D eigenvalue weighted by atomic mass is 9.92. The van der Waals surface area contributed by atoms with Crippen molar-refractivity contribution >= 4 is 17.5 Å². The van der Waals surface area contributed by atoms with Crippen LogP contribution in [-0.2, 0) is 11.3 Å². The molecule has 1 fully saturated rings. The Hall–Kier alpha value is -3.28. The van der Waals surface area contributed by atoms with Crippen molar-refractivity contribution in [2.45, 2.75) is 64.6 Å². The third-order valence-electron chi connectivity index (χ3n) is 6.91. The molecule has 1 aromatic carbocycles. The van der Waals surface area contributed by atoms with E-state index >= 15 is 0 Å². The number of furan rings is 1. The molecule has 1 N–H and O–H groups in total. The zero-order valence-electron chi connectivity index (χ0n) is 18.9. The summed E-state index contributed by atoms with van der Waals surface area (Å²) in [5, 5.41) is 3.25. The van der Waals surface area contributed by atoms with Crippen molar-refractivity contribution in [1.82, 2.24) is 9.88 Å². The maximum atomic E-state index is 13.9. The molecule has 6 nitrogen and oxygen atoms in total. The fraction of sp³-hybridized carbons (Fsp3) is 0.385. The number of benzene rings is 1. The number of hydrogen-bond donors (Lipinski definition) is 1. The molecule has 2 aliphatic rings. The van der Waals surface area contributed by atoms with Gasteiger partial charge in [-0.15, -0.1) is 0 Å². The number of fused-ring (bicyclic) bond motifs is 1. The van der Waals surface area contributed by atoms with Gasteiger partial charge in [0.05, 0.1) is 18.5 Å². The van der Waals surface area contributed by atoms with Gasteiger partial charge in [0.15, 0.2) is 0 Å². The first-order chi connectivity index (χ1) is 15.4. The van der Waals surface area contributed by atoms with Gasteiger partial charge in [-0.25, -0.2) is 0 Å². The van der Waals surface area contributed by atoms with Crippen molar-refractivity contribution in [3.63, 3.8) is 0 Å². The second-order valence-electron chi connectivity index (χ2n) is 9.33. The summed E-state index contributed by atoms with van der Waals surface area (Å²) in [5.74, 6) is 0.398. The second kappa shape index (κ2) is 7.69. The number of anilines is 1. The summed E-state index contributed by atoms with van der Waals surface area (Å²) >= 11 is 0. The SMILES string of the molecule is Cc1ccc(N2C(=O)c3ccc(-c4ccco4)n3C[C@@]2(C)C(=O)NC2CCCC2)c(C)c1. The molecular formula is C26H29N3O3. The summed E-state index contributed by atoms with van der Waals surface area (Å²) in [5.41, 5.74) is 3.16. The summed E-state index contributed by atoms with van der Waals surface area (Å²) < 4.78 is 7.54. The average molecular weight is 432 g/mol. The van der Waals surface area contributed by atoms with Crippen LogP contribution in [0.4, 0.5) is 5.69 Å². The summed E-state index contributed by atoms with van der Waals surface area (Å²) in [7, 11) is 0. The standard InChI is InChI=1S/C26H29N3O3/c1-17-10-11-20(18(2)15-17)29-24(30)22-13-12-21(23-9-6-14-32-23)28(22)16-26(29,3)25(31)27-19-7-4-5-8-19/h6,9-15,19H,4-5,7-8,16H2,1-3H3,(H,27,31)/t26-/m0/s1. The molecule has 1 aliphatic heterocycles. The number of rotatable bonds is 4. The van der Waals surface area contributed by atoms with Crippen LogP contribution >= 0.6 is 0 Å². The number of aromatic nitrogens is 1. The minimum atomic E-state index is -1.08. The highest BCUT2D eigenvalue weighted by molar-refractivity contribution is 6.12. The topological polar surface area (TPSA) is 67.5 Å². The molecule has 0 bridgehead atoms. The maximum absolute atomic E-state index is 13.9. The Kier molecular flexibility index (Phi) is 4.96. The Morgan fingerprint density at radius 1 is 1.09 bits per heavy atom. The molecule has 5 rings (SSSR count). The molecule has 1 aliphatic carbocycles. The first kappa shape index (κ1) is 20.6. The van der Waals surface area contributed by atoms with Crippen molar-refractivity contribution in [2.75, 3.05) is 4.90 Å². The van der Waals surface area contributed by atoms with E-state index in [-0.39, 0.29) is 17.9 Å². The Balaban J connectivity index is 1.63. The number of aryl methyl sites for hydroxylation is 2. The van der Waals surface area contributed by atoms with Gasteiger partial charge in [-0.3, -0.25) is 14.5 Å². The highest BCUT2D eigenvalue weighted by Crippen LogP contribution is 2.38. The number of nitrogens with zero attached hydrogens (tertiary/aromatic N) is 2. The fourth-order valence-corrected chi connectivity index (χ4v) is 5.20. The van der Waals surface area contributed by atoms with Gasteiger partial charge in [0.25, 0.3) is 5.91 Å². The van der Waals surface area contributed by atoms with E-state index in [1.165, 1.54) is 0 Å². The van der Waals surface area contributed by atoms with Gasteiger partial charge in [-0.1, -0.05) is 30.5 Å². The van der Waals surface area contributed by atoms with E-state index < -0.39 is 5.54 Å². The summed E-state index contributed by atoms with van der Waals surface area (Å²) in [6, 6.07) is 13.6. The monoisotopic (exact) mass is 431 g/mol. The van der Waals surface area contributed by atoms with Gasteiger partial charge in [-0.05, 0) is 69.5 Å². The molecule has 32 heavy (non-hydrogen) atoms. The predicted octanol–water partition coefficient (Wildman–Crippen LogP) is 4.84. The van der Waals surface area contributed by atoms with Crippen molar-refractivity contribution in [2.24, 2.45) is 0 Å². The van der Waals surface area contributed by atoms with Crippen LogP contribution < -0.4 is 10.2 Å². The van der Waals surface area contributed by atoms with E-state index in [1.54, 1.807) is 11.2 Å². The van der Waals surface area contributed by atoms with Crippen LogP contribution in [0.1, 0.15) is 54.2 Å². The predicted molar refractivity (Wildman–Crippen MR) is 124 cm³/mol. The van der Waals surface area contributed by atoms with Crippen LogP contribution in [0.15, 0.2) is 53.1 Å². The lowest BCUT2D eigenvalue weighted by Gasteiger charge is -2.45. The van der Waals surface area contributed by atoms with Crippen molar-refractivity contribution in [3.05, 3.63) is 65.5 Å². The average Bonchev–Trinajstić information content (AvgIpc) is 3.50. The Morgan fingerprint density at radius 2 is 1.84 bits per heavy atom. The molecular weight excluding hydrogens is 402 g/mol. The van der Waals surface area contributed by atoms with Crippen molar-refractivity contribution < 1.29 is 14.0 Å². The van der Waals surface area contributed by atoms with Crippen LogP contribution in [0.3, 0.4) is 0 Å². The van der Waals surface area contributed by atoms with Crippen molar-refractivity contribution in [3.8, 4) is 11.5 Å². The number of carbonyl (C=O) groups excluding carboxylic acids is 2. The second-order valence-corrected chi connectivity index (χ2v) is 9.33.